The van der Waals surface area contributed by atoms with Crippen LogP contribution < -0.4 is 9.64 Å². The fourth-order valence-electron chi connectivity index (χ4n) is 8.34. The smallest absolute Gasteiger partial charge is 0.471 e. The summed E-state index contributed by atoms with van der Waals surface area (Å²) in [5.41, 5.74) is -1.09. The third-order valence-corrected chi connectivity index (χ3v) is 11.1. The highest BCUT2D eigenvalue weighted by atomic mass is 35.5. The van der Waals surface area contributed by atoms with E-state index in [0.717, 1.165) is 49.7 Å². The molecule has 0 saturated carbocycles. The maximum absolute atomic E-state index is 17.1. The molecule has 0 radical (unpaired) electrons. The van der Waals surface area contributed by atoms with Crippen molar-refractivity contribution in [3.63, 3.8) is 0 Å². The number of anilines is 1. The minimum atomic E-state index is -5.07. The molecule has 3 fully saturated rings. The zero-order chi connectivity index (χ0) is 37.1. The minimum Gasteiger partial charge on any atom is -0.508 e. The molecule has 3 aliphatic rings. The molecule has 3 saturated heterocycles. The highest BCUT2D eigenvalue weighted by molar-refractivity contribution is 6.35. The minimum absolute atomic E-state index is 0.0232. The summed E-state index contributed by atoms with van der Waals surface area (Å²) in [5, 5.41) is 10.8. The fraction of sp³-hybridized carbons (Fsp3) is 0.459. The number of aromatic hydroxyl groups is 1. The maximum Gasteiger partial charge on any atom is 0.471 e. The van der Waals surface area contributed by atoms with E-state index in [2.05, 4.69) is 20.8 Å². The van der Waals surface area contributed by atoms with E-state index in [1.807, 2.05) is 0 Å². The molecule has 0 aliphatic carbocycles. The molecule has 0 spiro atoms. The SMILES string of the molecule is C#Cc1c(F)ccc2cc(O)cc(-c3nc(Cl)c4c(N5CC(CC)N(C(=O)C(F)(F)F)C(CC)C5)nc(OCC56CCCN5CCC6)nc4c3F)c12. The number of alkyl halides is 3. The predicted octanol–water partition coefficient (Wildman–Crippen LogP) is 7.24. The zero-order valence-corrected chi connectivity index (χ0v) is 29.3. The van der Waals surface area contributed by atoms with Gasteiger partial charge in [0.2, 0.25) is 0 Å². The topological polar surface area (TPSA) is 94.9 Å². The summed E-state index contributed by atoms with van der Waals surface area (Å²) in [6.45, 7) is 5.33. The van der Waals surface area contributed by atoms with Crippen molar-refractivity contribution >= 4 is 45.0 Å². The number of carbonyl (C=O) groups is 1. The lowest BCUT2D eigenvalue weighted by Crippen LogP contribution is -2.63. The van der Waals surface area contributed by atoms with Gasteiger partial charge in [-0.15, -0.1) is 6.42 Å². The monoisotopic (exact) mass is 742 g/mol. The summed E-state index contributed by atoms with van der Waals surface area (Å²) in [7, 11) is 0. The maximum atomic E-state index is 17.1. The molecule has 15 heteroatoms. The van der Waals surface area contributed by atoms with Gasteiger partial charge in [0.1, 0.15) is 40.4 Å². The number of hydrogen-bond acceptors (Lipinski definition) is 8. The second-order valence-corrected chi connectivity index (χ2v) is 14.1. The first kappa shape index (κ1) is 35.9. The summed E-state index contributed by atoms with van der Waals surface area (Å²) in [4.78, 5) is 31.1. The van der Waals surface area contributed by atoms with E-state index in [1.165, 1.54) is 18.2 Å². The van der Waals surface area contributed by atoms with Crippen LogP contribution in [-0.4, -0.2) is 92.4 Å². The van der Waals surface area contributed by atoms with Crippen molar-refractivity contribution in [2.75, 3.05) is 37.7 Å². The van der Waals surface area contributed by atoms with Gasteiger partial charge in [-0.2, -0.15) is 23.1 Å². The molecule has 4 aromatic rings. The van der Waals surface area contributed by atoms with Crippen molar-refractivity contribution in [1.29, 1.82) is 0 Å². The molecule has 52 heavy (non-hydrogen) atoms. The van der Waals surface area contributed by atoms with Gasteiger partial charge in [0.05, 0.1) is 16.5 Å². The number of nitrogens with zero attached hydrogens (tertiary/aromatic N) is 6. The van der Waals surface area contributed by atoms with Crippen molar-refractivity contribution in [1.82, 2.24) is 24.8 Å². The van der Waals surface area contributed by atoms with Crippen LogP contribution in [0, 0.1) is 24.0 Å². The van der Waals surface area contributed by atoms with Gasteiger partial charge in [-0.25, -0.2) is 13.8 Å². The number of ether oxygens (including phenoxy) is 1. The van der Waals surface area contributed by atoms with Crippen molar-refractivity contribution in [3.8, 4) is 35.4 Å². The van der Waals surface area contributed by atoms with Gasteiger partial charge in [0, 0.05) is 36.1 Å². The van der Waals surface area contributed by atoms with Gasteiger partial charge >= 0.3 is 18.1 Å². The Labute approximate surface area is 301 Å². The number of pyridine rings is 1. The normalized spacial score (nSPS) is 20.4. The third kappa shape index (κ3) is 6.01. The Kier molecular flexibility index (Phi) is 9.32. The lowest BCUT2D eigenvalue weighted by Gasteiger charge is -2.47. The Morgan fingerprint density at radius 1 is 1.06 bits per heavy atom. The number of aromatic nitrogens is 3. The molecular weight excluding hydrogens is 707 g/mol. The molecule has 1 amide bonds. The summed E-state index contributed by atoms with van der Waals surface area (Å²) >= 11 is 6.87. The van der Waals surface area contributed by atoms with Gasteiger partial charge in [0.15, 0.2) is 5.82 Å². The Bertz CT molecular complexity index is 2100. The molecule has 2 aromatic heterocycles. The molecule has 0 bridgehead atoms. The van der Waals surface area contributed by atoms with E-state index in [0.29, 0.717) is 5.39 Å². The number of fused-ring (bicyclic) bond motifs is 3. The van der Waals surface area contributed by atoms with Crippen LogP contribution in [0.1, 0.15) is 57.9 Å². The number of piperazine rings is 1. The van der Waals surface area contributed by atoms with Gasteiger partial charge < -0.3 is 19.6 Å². The Morgan fingerprint density at radius 2 is 1.73 bits per heavy atom. The summed E-state index contributed by atoms with van der Waals surface area (Å²) in [5.74, 6) is -1.51. The Hall–Kier alpha value is -4.48. The van der Waals surface area contributed by atoms with Crippen LogP contribution in [0.25, 0.3) is 32.9 Å². The van der Waals surface area contributed by atoms with E-state index < -0.39 is 35.8 Å². The molecule has 2 atom stereocenters. The quantitative estimate of drug-likeness (QED) is 0.120. The summed E-state index contributed by atoms with van der Waals surface area (Å²) in [6, 6.07) is 3.21. The fourth-order valence-corrected chi connectivity index (χ4v) is 8.60. The average Bonchev–Trinajstić information content (AvgIpc) is 3.71. The van der Waals surface area contributed by atoms with Crippen molar-refractivity contribution < 1.29 is 36.6 Å². The van der Waals surface area contributed by atoms with Crippen molar-refractivity contribution in [2.24, 2.45) is 0 Å². The van der Waals surface area contributed by atoms with E-state index in [9.17, 15) is 27.5 Å². The highest BCUT2D eigenvalue weighted by Crippen LogP contribution is 2.43. The number of amides is 1. The van der Waals surface area contributed by atoms with Crippen LogP contribution in [0.5, 0.6) is 11.8 Å². The molecule has 1 N–H and O–H groups in total. The number of benzene rings is 2. The van der Waals surface area contributed by atoms with Crippen LogP contribution in [-0.2, 0) is 4.79 Å². The van der Waals surface area contributed by atoms with Crippen LogP contribution in [0.4, 0.5) is 27.8 Å². The van der Waals surface area contributed by atoms with E-state index in [1.54, 1.807) is 18.7 Å². The number of halogens is 6. The lowest BCUT2D eigenvalue weighted by molar-refractivity contribution is -0.191. The predicted molar refractivity (Wildman–Crippen MR) is 186 cm³/mol. The third-order valence-electron chi connectivity index (χ3n) is 10.8. The summed E-state index contributed by atoms with van der Waals surface area (Å²) in [6.07, 6.45) is 4.83. The molecule has 7 rings (SSSR count). The van der Waals surface area contributed by atoms with E-state index in [4.69, 9.17) is 27.7 Å². The first-order chi connectivity index (χ1) is 24.8. The first-order valence-corrected chi connectivity index (χ1v) is 17.7. The number of phenols is 1. The Balaban J connectivity index is 1.41. The molecule has 9 nitrogen and oxygen atoms in total. The molecule has 2 unspecified atom stereocenters. The second-order valence-electron chi connectivity index (χ2n) is 13.7. The Morgan fingerprint density at radius 3 is 2.35 bits per heavy atom. The average molecular weight is 743 g/mol. The van der Waals surface area contributed by atoms with Crippen molar-refractivity contribution in [2.45, 2.75) is 76.2 Å². The lowest BCUT2D eigenvalue weighted by atomic mass is 9.95. The van der Waals surface area contributed by atoms with E-state index in [-0.39, 0.29) is 93.9 Å². The van der Waals surface area contributed by atoms with Crippen molar-refractivity contribution in [3.05, 3.63) is 46.6 Å². The van der Waals surface area contributed by atoms with Crippen LogP contribution >= 0.6 is 11.6 Å². The van der Waals surface area contributed by atoms with Gasteiger partial charge in [-0.05, 0) is 75.2 Å². The number of phenolic OH excluding ortho intramolecular Hbond substituents is 1. The van der Waals surface area contributed by atoms with Crippen LogP contribution in [0.15, 0.2) is 24.3 Å². The number of carbonyl (C=O) groups excluding carboxylic acids is 1. The first-order valence-electron chi connectivity index (χ1n) is 17.3. The molecule has 3 aliphatic heterocycles. The number of hydrogen-bond donors (Lipinski definition) is 1. The molecule has 274 valence electrons. The second kappa shape index (κ2) is 13.5. The standard InChI is InChI=1S/C37H36ClF5N6O3/c1-4-21-17-47(18-22(5-2)49(21)34(51)37(41,42)43)33-28-31(45-35(46-33)52-19-36-11-7-13-48(36)14-8-12-36)29(40)30(44-32(28)38)25-16-23(50)15-20-9-10-26(39)24(6-3)27(20)25/h3,9-10,15-16,21-22,50H,4-5,7-8,11-14,17-19H2,1-2H3. The van der Waals surface area contributed by atoms with Gasteiger partial charge in [-0.1, -0.05) is 37.4 Å². The molecule has 2 aromatic carbocycles. The number of terminal acetylenes is 1. The van der Waals surface area contributed by atoms with Gasteiger partial charge in [0.25, 0.3) is 0 Å². The van der Waals surface area contributed by atoms with E-state index >= 15 is 4.39 Å². The molecular formula is C37H36ClF5N6O3. The largest absolute Gasteiger partial charge is 0.508 e. The van der Waals surface area contributed by atoms with Crippen LogP contribution in [0.2, 0.25) is 5.15 Å². The highest BCUT2D eigenvalue weighted by Gasteiger charge is 2.49. The van der Waals surface area contributed by atoms with Gasteiger partial charge in [-0.3, -0.25) is 9.69 Å². The zero-order valence-electron chi connectivity index (χ0n) is 28.5. The molecule has 5 heterocycles. The van der Waals surface area contributed by atoms with Crippen LogP contribution in [0.3, 0.4) is 0 Å². The number of rotatable bonds is 7. The summed E-state index contributed by atoms with van der Waals surface area (Å²) < 4.78 is 79.6.